The number of carbonyl (C=O) groups excluding carboxylic acids is 1. The Morgan fingerprint density at radius 2 is 2.22 bits per heavy atom. The summed E-state index contributed by atoms with van der Waals surface area (Å²) in [6, 6.07) is -0.387. The van der Waals surface area contributed by atoms with E-state index in [4.69, 9.17) is 11.5 Å². The highest BCUT2D eigenvalue weighted by Crippen LogP contribution is 1.90. The summed E-state index contributed by atoms with van der Waals surface area (Å²) in [7, 11) is 0. The van der Waals surface area contributed by atoms with E-state index in [0.29, 0.717) is 0 Å². The molecule has 0 saturated carbocycles. The van der Waals surface area contributed by atoms with Crippen molar-refractivity contribution < 1.29 is 4.79 Å². The summed E-state index contributed by atoms with van der Waals surface area (Å²) in [4.78, 5) is 10.4. The van der Waals surface area contributed by atoms with Gasteiger partial charge in [-0.1, -0.05) is 0 Å². The molecule has 5 nitrogen and oxygen atoms in total. The molecule has 0 fully saturated rings. The molecule has 5 heteroatoms. The van der Waals surface area contributed by atoms with Crippen molar-refractivity contribution in [1.29, 1.82) is 0 Å². The third-order valence-electron chi connectivity index (χ3n) is 0.904. The molecule has 50 valence electrons. The monoisotopic (exact) mass is 128 g/mol. The van der Waals surface area contributed by atoms with Gasteiger partial charge in [-0.25, -0.2) is 4.79 Å². The van der Waals surface area contributed by atoms with Crippen molar-refractivity contribution in [3.8, 4) is 0 Å². The van der Waals surface area contributed by atoms with Crippen molar-refractivity contribution in [3.05, 3.63) is 12.3 Å². The normalized spacial score (nSPS) is 22.7. The van der Waals surface area contributed by atoms with Gasteiger partial charge in [0.25, 0.3) is 0 Å². The molecule has 2 amide bonds. The molecular weight excluding hydrogens is 120 g/mol. The molecule has 6 N–H and O–H groups in total. The lowest BCUT2D eigenvalue weighted by atomic mass is 10.3. The fourth-order valence-electron chi connectivity index (χ4n) is 0.530. The number of nitrogens with one attached hydrogen (secondary N) is 2. The van der Waals surface area contributed by atoms with Crippen LogP contribution in [0.1, 0.15) is 0 Å². The van der Waals surface area contributed by atoms with Crippen LogP contribution in [0.3, 0.4) is 0 Å². The van der Waals surface area contributed by atoms with E-state index in [0.717, 1.165) is 0 Å². The molecule has 1 heterocycles. The maximum atomic E-state index is 10.4. The quantitative estimate of drug-likeness (QED) is 0.295. The summed E-state index contributed by atoms with van der Waals surface area (Å²) >= 11 is 0. The van der Waals surface area contributed by atoms with Gasteiger partial charge in [0.15, 0.2) is 5.79 Å². The molecule has 1 aliphatic rings. The van der Waals surface area contributed by atoms with Gasteiger partial charge in [-0.15, -0.1) is 0 Å². The number of rotatable bonds is 0. The van der Waals surface area contributed by atoms with Crippen LogP contribution in [0.15, 0.2) is 12.3 Å². The van der Waals surface area contributed by atoms with Crippen molar-refractivity contribution >= 4 is 6.03 Å². The van der Waals surface area contributed by atoms with Crippen LogP contribution >= 0.6 is 0 Å². The van der Waals surface area contributed by atoms with E-state index in [2.05, 4.69) is 10.6 Å². The van der Waals surface area contributed by atoms with E-state index < -0.39 is 5.79 Å². The molecule has 0 saturated heterocycles. The average molecular weight is 128 g/mol. The average Bonchev–Trinajstić information content (AvgIpc) is 1.60. The molecule has 0 spiro atoms. The largest absolute Gasteiger partial charge is 0.321 e. The third kappa shape index (κ3) is 1.41. The lowest BCUT2D eigenvalue weighted by Gasteiger charge is -2.24. The Bertz CT molecular complexity index is 162. The second kappa shape index (κ2) is 1.71. The van der Waals surface area contributed by atoms with Crippen LogP contribution in [0.25, 0.3) is 0 Å². The van der Waals surface area contributed by atoms with Crippen molar-refractivity contribution in [2.75, 3.05) is 0 Å². The summed E-state index contributed by atoms with van der Waals surface area (Å²) in [6.45, 7) is 0. The Labute approximate surface area is 52.1 Å². The number of nitrogens with two attached hydrogens (primary N) is 2. The summed E-state index contributed by atoms with van der Waals surface area (Å²) < 4.78 is 0. The molecule has 1 aliphatic heterocycles. The molecule has 0 radical (unpaired) electrons. The Morgan fingerprint density at radius 3 is 2.56 bits per heavy atom. The summed E-state index contributed by atoms with van der Waals surface area (Å²) in [6.07, 6.45) is 2.85. The first-order chi connectivity index (χ1) is 4.10. The molecular formula is C4H8N4O. The van der Waals surface area contributed by atoms with Gasteiger partial charge >= 0.3 is 6.03 Å². The van der Waals surface area contributed by atoms with Gasteiger partial charge in [0.2, 0.25) is 0 Å². The predicted molar refractivity (Wildman–Crippen MR) is 31.9 cm³/mol. The SMILES string of the molecule is NC1(N)C=CNC(=O)N1. The second-order valence-corrected chi connectivity index (χ2v) is 1.86. The molecule has 1 rings (SSSR count). The molecule has 0 atom stereocenters. The number of hydrogen-bond donors (Lipinski definition) is 4. The van der Waals surface area contributed by atoms with E-state index in [1.54, 1.807) is 0 Å². The van der Waals surface area contributed by atoms with Crippen molar-refractivity contribution in [2.45, 2.75) is 5.79 Å². The predicted octanol–water partition coefficient (Wildman–Crippen LogP) is -1.62. The van der Waals surface area contributed by atoms with Gasteiger partial charge in [0, 0.05) is 6.20 Å². The number of amides is 2. The fraction of sp³-hybridized carbons (Fsp3) is 0.250. The molecule has 0 unspecified atom stereocenters. The highest BCUT2D eigenvalue weighted by atomic mass is 16.2. The van der Waals surface area contributed by atoms with E-state index in [-0.39, 0.29) is 6.03 Å². The van der Waals surface area contributed by atoms with Crippen LogP contribution in [0, 0.1) is 0 Å². The minimum atomic E-state index is -1.19. The van der Waals surface area contributed by atoms with Crippen LogP contribution in [0.4, 0.5) is 4.79 Å². The topological polar surface area (TPSA) is 93.2 Å². The maximum Gasteiger partial charge on any atom is 0.321 e. The van der Waals surface area contributed by atoms with E-state index in [1.165, 1.54) is 12.3 Å². The van der Waals surface area contributed by atoms with Gasteiger partial charge in [0.1, 0.15) is 0 Å². The van der Waals surface area contributed by atoms with Gasteiger partial charge in [0.05, 0.1) is 0 Å². The van der Waals surface area contributed by atoms with Crippen molar-refractivity contribution in [2.24, 2.45) is 11.5 Å². The van der Waals surface area contributed by atoms with Crippen LogP contribution in [-0.2, 0) is 0 Å². The van der Waals surface area contributed by atoms with Gasteiger partial charge in [-0.2, -0.15) is 0 Å². The number of hydrogen-bond acceptors (Lipinski definition) is 3. The first kappa shape index (κ1) is 6.06. The van der Waals surface area contributed by atoms with E-state index in [9.17, 15) is 4.79 Å². The van der Waals surface area contributed by atoms with Crippen LogP contribution < -0.4 is 22.1 Å². The Hall–Kier alpha value is -1.07. The highest BCUT2D eigenvalue weighted by molar-refractivity contribution is 5.77. The van der Waals surface area contributed by atoms with Crippen molar-refractivity contribution in [3.63, 3.8) is 0 Å². The van der Waals surface area contributed by atoms with Crippen LogP contribution in [0.5, 0.6) is 0 Å². The summed E-state index contributed by atoms with van der Waals surface area (Å²) in [5.41, 5.74) is 10.6. The smallest absolute Gasteiger partial charge is 0.315 e. The molecule has 0 aromatic heterocycles. The zero-order chi connectivity index (χ0) is 6.91. The number of urea groups is 1. The molecule has 0 aromatic carbocycles. The van der Waals surface area contributed by atoms with E-state index >= 15 is 0 Å². The Morgan fingerprint density at radius 1 is 1.56 bits per heavy atom. The van der Waals surface area contributed by atoms with Crippen LogP contribution in [-0.4, -0.2) is 11.8 Å². The van der Waals surface area contributed by atoms with Crippen LogP contribution in [0.2, 0.25) is 0 Å². The van der Waals surface area contributed by atoms with Gasteiger partial charge in [-0.05, 0) is 6.08 Å². The minimum Gasteiger partial charge on any atom is -0.315 e. The standard InChI is InChI=1S/C4H8N4O/c5-4(6)1-2-7-3(9)8-4/h1-2H,5-6H2,(H2,7,8,9). The minimum absolute atomic E-state index is 0.387. The van der Waals surface area contributed by atoms with Gasteiger partial charge in [-0.3, -0.25) is 11.5 Å². The molecule has 9 heavy (non-hydrogen) atoms. The fourth-order valence-corrected chi connectivity index (χ4v) is 0.530. The molecule has 0 aliphatic carbocycles. The zero-order valence-electron chi connectivity index (χ0n) is 4.72. The van der Waals surface area contributed by atoms with E-state index in [1.807, 2.05) is 0 Å². The highest BCUT2D eigenvalue weighted by Gasteiger charge is 2.20. The first-order valence-corrected chi connectivity index (χ1v) is 2.44. The lowest BCUT2D eigenvalue weighted by Crippen LogP contribution is -2.65. The summed E-state index contributed by atoms with van der Waals surface area (Å²) in [5, 5.41) is 4.62. The first-order valence-electron chi connectivity index (χ1n) is 2.44. The summed E-state index contributed by atoms with van der Waals surface area (Å²) in [5.74, 6) is -1.19. The second-order valence-electron chi connectivity index (χ2n) is 1.86. The molecule has 0 aromatic rings. The third-order valence-corrected chi connectivity index (χ3v) is 0.904. The lowest BCUT2D eigenvalue weighted by molar-refractivity contribution is 0.233. The zero-order valence-corrected chi connectivity index (χ0v) is 4.72. The number of carbonyl (C=O) groups is 1. The Balaban J connectivity index is 2.71. The molecule has 0 bridgehead atoms. The maximum absolute atomic E-state index is 10.4. The van der Waals surface area contributed by atoms with Crippen molar-refractivity contribution in [1.82, 2.24) is 10.6 Å². The van der Waals surface area contributed by atoms with Gasteiger partial charge < -0.3 is 10.6 Å². The Kier molecular flexibility index (Phi) is 1.15.